The van der Waals surface area contributed by atoms with Crippen LogP contribution in [0.25, 0.3) is 21.8 Å². The molecule has 1 aromatic heterocycles. The van der Waals surface area contributed by atoms with E-state index >= 15 is 0 Å². The molecule has 2 N–H and O–H groups in total. The van der Waals surface area contributed by atoms with Crippen LogP contribution in [0.4, 0.5) is 20.2 Å². The number of fused-ring (bicyclic) bond motifs is 3. The summed E-state index contributed by atoms with van der Waals surface area (Å²) >= 11 is 5.36. The predicted molar refractivity (Wildman–Crippen MR) is 68.7 cm³/mol. The molecule has 3 rings (SSSR count). The van der Waals surface area contributed by atoms with Gasteiger partial charge in [-0.25, -0.2) is 8.78 Å². The van der Waals surface area contributed by atoms with Gasteiger partial charge in [-0.15, -0.1) is 0 Å². The van der Waals surface area contributed by atoms with Crippen molar-refractivity contribution in [2.75, 3.05) is 5.73 Å². The first-order chi connectivity index (χ1) is 8.63. The SMILES string of the molecule is Nc1c(N=S)cc(F)c2c1c(F)cc1nsnc12. The highest BCUT2D eigenvalue weighted by molar-refractivity contribution is 7.47. The summed E-state index contributed by atoms with van der Waals surface area (Å²) in [6.45, 7) is 0. The third-order valence-electron chi connectivity index (χ3n) is 2.65. The van der Waals surface area contributed by atoms with Gasteiger partial charge in [0.25, 0.3) is 0 Å². The van der Waals surface area contributed by atoms with Gasteiger partial charge in [0, 0.05) is 29.9 Å². The number of aromatic nitrogens is 2. The Morgan fingerprint density at radius 3 is 2.61 bits per heavy atom. The van der Waals surface area contributed by atoms with Crippen molar-refractivity contribution in [2.45, 2.75) is 0 Å². The highest BCUT2D eigenvalue weighted by Crippen LogP contribution is 2.38. The zero-order chi connectivity index (χ0) is 12.9. The number of nitrogens with two attached hydrogens (primary N) is 1. The van der Waals surface area contributed by atoms with E-state index in [1.54, 1.807) is 0 Å². The van der Waals surface area contributed by atoms with Gasteiger partial charge >= 0.3 is 0 Å². The van der Waals surface area contributed by atoms with Crippen molar-refractivity contribution in [3.8, 4) is 0 Å². The van der Waals surface area contributed by atoms with Crippen LogP contribution in [0, 0.1) is 11.6 Å². The molecule has 4 nitrogen and oxygen atoms in total. The van der Waals surface area contributed by atoms with Gasteiger partial charge in [-0.1, -0.05) is 0 Å². The molecule has 0 saturated carbocycles. The summed E-state index contributed by atoms with van der Waals surface area (Å²) in [5, 5.41) is -0.0440. The molecule has 3 aromatic rings. The monoisotopic (exact) mass is 282 g/mol. The molecule has 0 radical (unpaired) electrons. The minimum absolute atomic E-state index is 0.00815. The Hall–Kier alpha value is -1.80. The Labute approximate surface area is 109 Å². The molecule has 1 heterocycles. The van der Waals surface area contributed by atoms with E-state index in [0.29, 0.717) is 5.52 Å². The third kappa shape index (κ3) is 1.39. The zero-order valence-corrected chi connectivity index (χ0v) is 10.3. The first-order valence-electron chi connectivity index (χ1n) is 4.79. The van der Waals surface area contributed by atoms with E-state index in [0.717, 1.165) is 17.8 Å². The number of anilines is 1. The van der Waals surface area contributed by atoms with Crippen molar-refractivity contribution >= 4 is 57.3 Å². The van der Waals surface area contributed by atoms with Crippen LogP contribution in [-0.2, 0) is 12.4 Å². The van der Waals surface area contributed by atoms with Crippen molar-refractivity contribution in [1.29, 1.82) is 0 Å². The van der Waals surface area contributed by atoms with Crippen LogP contribution in [0.2, 0.25) is 0 Å². The topological polar surface area (TPSA) is 64.2 Å². The fourth-order valence-electron chi connectivity index (χ4n) is 1.86. The van der Waals surface area contributed by atoms with E-state index in [2.05, 4.69) is 25.5 Å². The molecule has 0 aliphatic heterocycles. The van der Waals surface area contributed by atoms with Crippen molar-refractivity contribution in [1.82, 2.24) is 8.75 Å². The van der Waals surface area contributed by atoms with Crippen LogP contribution in [0.5, 0.6) is 0 Å². The Morgan fingerprint density at radius 1 is 1.17 bits per heavy atom. The number of nitrogen functional groups attached to an aromatic ring is 1. The van der Waals surface area contributed by atoms with E-state index in [1.165, 1.54) is 6.07 Å². The molecule has 0 bridgehead atoms. The first kappa shape index (κ1) is 11.3. The van der Waals surface area contributed by atoms with Gasteiger partial charge in [0.1, 0.15) is 28.4 Å². The Balaban J connectivity index is 2.67. The molecule has 0 unspecified atom stereocenters. The number of benzene rings is 2. The second kappa shape index (κ2) is 3.85. The molecule has 0 amide bonds. The summed E-state index contributed by atoms with van der Waals surface area (Å²) in [7, 11) is 0. The average molecular weight is 282 g/mol. The Kier molecular flexibility index (Phi) is 2.42. The van der Waals surface area contributed by atoms with Crippen molar-refractivity contribution < 1.29 is 8.78 Å². The largest absolute Gasteiger partial charge is 0.396 e. The molecule has 0 saturated heterocycles. The predicted octanol–water partition coefficient (Wildman–Crippen LogP) is 3.07. The van der Waals surface area contributed by atoms with Crippen LogP contribution in [-0.4, -0.2) is 8.75 Å². The average Bonchev–Trinajstić information content (AvgIpc) is 2.80. The van der Waals surface area contributed by atoms with Gasteiger partial charge in [-0.2, -0.15) is 13.1 Å². The summed E-state index contributed by atoms with van der Waals surface area (Å²) in [6, 6.07) is 2.24. The maximum Gasteiger partial charge on any atom is 0.135 e. The summed E-state index contributed by atoms with van der Waals surface area (Å²) in [6.07, 6.45) is 0. The Bertz CT molecular complexity index is 800. The van der Waals surface area contributed by atoms with E-state index in [9.17, 15) is 8.78 Å². The lowest BCUT2D eigenvalue weighted by molar-refractivity contribution is 0.631. The van der Waals surface area contributed by atoms with Gasteiger partial charge < -0.3 is 5.73 Å². The van der Waals surface area contributed by atoms with Crippen LogP contribution >= 0.6 is 11.7 Å². The molecule has 0 atom stereocenters. The van der Waals surface area contributed by atoms with Crippen LogP contribution in [0.15, 0.2) is 16.5 Å². The lowest BCUT2D eigenvalue weighted by Gasteiger charge is -2.07. The highest BCUT2D eigenvalue weighted by Gasteiger charge is 2.18. The molecule has 90 valence electrons. The smallest absolute Gasteiger partial charge is 0.135 e. The first-order valence-corrected chi connectivity index (χ1v) is 5.89. The lowest BCUT2D eigenvalue weighted by Crippen LogP contribution is -1.94. The second-order valence-electron chi connectivity index (χ2n) is 3.62. The summed E-state index contributed by atoms with van der Waals surface area (Å²) in [4.78, 5) is 0. The van der Waals surface area contributed by atoms with E-state index in [4.69, 9.17) is 5.73 Å². The molecule has 0 fully saturated rings. The highest BCUT2D eigenvalue weighted by atomic mass is 32.1. The normalized spacial score (nSPS) is 11.2. The van der Waals surface area contributed by atoms with Crippen molar-refractivity contribution in [3.63, 3.8) is 0 Å². The number of halogens is 2. The van der Waals surface area contributed by atoms with Crippen LogP contribution in [0.1, 0.15) is 0 Å². The van der Waals surface area contributed by atoms with Gasteiger partial charge in [0.05, 0.1) is 22.8 Å². The quantitative estimate of drug-likeness (QED) is 0.697. The number of rotatable bonds is 1. The molecule has 2 aromatic carbocycles. The van der Waals surface area contributed by atoms with Gasteiger partial charge in [0.15, 0.2) is 0 Å². The zero-order valence-electron chi connectivity index (χ0n) is 8.65. The maximum atomic E-state index is 14.0. The van der Waals surface area contributed by atoms with E-state index in [1.807, 2.05) is 0 Å². The number of hydrogen-bond donors (Lipinski definition) is 1. The van der Waals surface area contributed by atoms with Gasteiger partial charge in [-0.3, -0.25) is 0 Å². The number of hydrogen-bond acceptors (Lipinski definition) is 6. The fraction of sp³-hybridized carbons (Fsp3) is 0. The Morgan fingerprint density at radius 2 is 1.89 bits per heavy atom. The van der Waals surface area contributed by atoms with Gasteiger partial charge in [-0.05, 0) is 0 Å². The summed E-state index contributed by atoms with van der Waals surface area (Å²) < 4.78 is 39.2. The summed E-state index contributed by atoms with van der Waals surface area (Å²) in [5.41, 5.74) is 6.38. The molecule has 0 spiro atoms. The van der Waals surface area contributed by atoms with Gasteiger partial charge in [0.2, 0.25) is 0 Å². The molecule has 18 heavy (non-hydrogen) atoms. The van der Waals surface area contributed by atoms with Crippen LogP contribution < -0.4 is 5.73 Å². The van der Waals surface area contributed by atoms with E-state index < -0.39 is 11.6 Å². The number of nitrogens with zero attached hydrogens (tertiary/aromatic N) is 3. The standard InChI is InChI=1S/C10H4F2N4S2/c11-3-2-6-10(16-18-15-6)8-4(12)1-5(14-17)9(13)7(3)8/h1-2H,13H2. The van der Waals surface area contributed by atoms with Crippen LogP contribution in [0.3, 0.4) is 0 Å². The summed E-state index contributed by atoms with van der Waals surface area (Å²) in [5.74, 6) is -1.33. The van der Waals surface area contributed by atoms with Crippen molar-refractivity contribution in [2.24, 2.45) is 4.36 Å². The molecule has 0 aliphatic rings. The minimum atomic E-state index is -0.667. The maximum absolute atomic E-state index is 14.0. The molecule has 0 aliphatic carbocycles. The fourth-order valence-corrected chi connectivity index (χ4v) is 2.55. The lowest BCUT2D eigenvalue weighted by atomic mass is 10.0. The molecular weight excluding hydrogens is 278 g/mol. The van der Waals surface area contributed by atoms with Crippen molar-refractivity contribution in [3.05, 3.63) is 23.8 Å². The van der Waals surface area contributed by atoms with E-state index in [-0.39, 0.29) is 27.7 Å². The molecular formula is C10H4F2N4S2. The minimum Gasteiger partial charge on any atom is -0.396 e. The molecule has 8 heteroatoms. The third-order valence-corrected chi connectivity index (χ3v) is 3.39. The second-order valence-corrected chi connectivity index (χ2v) is 4.33.